The van der Waals surface area contributed by atoms with Gasteiger partial charge in [0.15, 0.2) is 0 Å². The third-order valence-electron chi connectivity index (χ3n) is 3.14. The Morgan fingerprint density at radius 1 is 1.37 bits per heavy atom. The second-order valence-electron chi connectivity index (χ2n) is 4.45. The molecule has 19 heavy (non-hydrogen) atoms. The van der Waals surface area contributed by atoms with E-state index in [0.29, 0.717) is 32.9 Å². The second kappa shape index (κ2) is 5.95. The molecule has 3 nitrogen and oxygen atoms in total. The van der Waals surface area contributed by atoms with Gasteiger partial charge in [0.2, 0.25) is 0 Å². The molecule has 5 heteroatoms. The van der Waals surface area contributed by atoms with Gasteiger partial charge in [-0.25, -0.2) is 0 Å². The minimum Gasteiger partial charge on any atom is -0.500 e. The number of hydrogen-bond donors (Lipinski definition) is 2. The van der Waals surface area contributed by atoms with Crippen LogP contribution in [0.4, 0.5) is 0 Å². The second-order valence-corrected chi connectivity index (χ2v) is 5.27. The van der Waals surface area contributed by atoms with Crippen molar-refractivity contribution in [3.63, 3.8) is 0 Å². The number of rotatable bonds is 5. The average Bonchev–Trinajstić information content (AvgIpc) is 3.19. The van der Waals surface area contributed by atoms with Gasteiger partial charge in [-0.15, -0.1) is 0 Å². The molecule has 0 spiro atoms. The van der Waals surface area contributed by atoms with Gasteiger partial charge in [0.25, 0.3) is 0 Å². The fourth-order valence-electron chi connectivity index (χ4n) is 2.05. The first-order valence-electron chi connectivity index (χ1n) is 6.01. The molecule has 0 unspecified atom stereocenters. The van der Waals surface area contributed by atoms with Crippen molar-refractivity contribution in [2.24, 2.45) is 5.92 Å². The molecule has 0 aliphatic heterocycles. The Kier molecular flexibility index (Phi) is 4.50. The molecule has 1 aromatic rings. The molecule has 0 atom stereocenters. The lowest BCUT2D eigenvalue weighted by Crippen LogP contribution is -2.13. The lowest BCUT2D eigenvalue weighted by atomic mass is 10.00. The maximum Gasteiger partial charge on any atom is 0.106 e. The number of aliphatic hydroxyl groups excluding tert-OH is 1. The summed E-state index contributed by atoms with van der Waals surface area (Å²) < 4.78 is 5.34. The van der Waals surface area contributed by atoms with Crippen molar-refractivity contribution in [2.45, 2.75) is 12.8 Å². The van der Waals surface area contributed by atoms with Crippen molar-refractivity contribution in [1.29, 1.82) is 5.41 Å². The van der Waals surface area contributed by atoms with Crippen LogP contribution in [-0.2, 0) is 4.74 Å². The number of methoxy groups -OCH3 is 1. The minimum atomic E-state index is -0.264. The van der Waals surface area contributed by atoms with Crippen molar-refractivity contribution in [2.75, 3.05) is 13.7 Å². The molecule has 1 aliphatic rings. The Morgan fingerprint density at radius 3 is 2.37 bits per heavy atom. The normalized spacial score (nSPS) is 16.0. The number of nitrogens with one attached hydrogen (secondary N) is 1. The summed E-state index contributed by atoms with van der Waals surface area (Å²) in [7, 11) is 1.56. The Labute approximate surface area is 122 Å². The molecule has 1 aromatic carbocycles. The third kappa shape index (κ3) is 2.94. The number of allylic oxidation sites excluding steroid dienone is 1. The first-order valence-corrected chi connectivity index (χ1v) is 6.77. The van der Waals surface area contributed by atoms with E-state index in [4.69, 9.17) is 33.3 Å². The molecule has 0 amide bonds. The topological polar surface area (TPSA) is 53.3 Å². The van der Waals surface area contributed by atoms with Gasteiger partial charge in [-0.1, -0.05) is 29.3 Å². The summed E-state index contributed by atoms with van der Waals surface area (Å²) in [5.74, 6) is 0.970. The smallest absolute Gasteiger partial charge is 0.106 e. The molecule has 1 saturated carbocycles. The Bertz CT molecular complexity index is 516. The number of benzene rings is 1. The van der Waals surface area contributed by atoms with E-state index < -0.39 is 0 Å². The highest BCUT2D eigenvalue weighted by atomic mass is 35.5. The zero-order valence-electron chi connectivity index (χ0n) is 10.5. The summed E-state index contributed by atoms with van der Waals surface area (Å²) in [6.07, 6.45) is 2.05. The highest BCUT2D eigenvalue weighted by Gasteiger charge is 2.31. The van der Waals surface area contributed by atoms with Crippen LogP contribution in [0.1, 0.15) is 18.4 Å². The maximum absolute atomic E-state index is 9.55. The van der Waals surface area contributed by atoms with Crippen LogP contribution in [0.3, 0.4) is 0 Å². The van der Waals surface area contributed by atoms with Gasteiger partial charge in [-0.05, 0) is 25.0 Å². The molecule has 0 aromatic heterocycles. The van der Waals surface area contributed by atoms with Crippen LogP contribution < -0.4 is 0 Å². The van der Waals surface area contributed by atoms with E-state index in [1.54, 1.807) is 25.3 Å². The van der Waals surface area contributed by atoms with Crippen LogP contribution in [0.15, 0.2) is 29.5 Å². The van der Waals surface area contributed by atoms with Crippen molar-refractivity contribution >= 4 is 28.9 Å². The van der Waals surface area contributed by atoms with E-state index in [-0.39, 0.29) is 12.3 Å². The Hall–Kier alpha value is -1.03. The molecule has 2 rings (SSSR count). The first kappa shape index (κ1) is 14.4. The first-order chi connectivity index (χ1) is 9.10. The highest BCUT2D eigenvalue weighted by molar-refractivity contribution is 6.41. The molecule has 0 radical (unpaired) electrons. The largest absolute Gasteiger partial charge is 0.500 e. The SMILES string of the molecule is CO/C(=C(/CO)C(=N)c1c(Cl)cccc1Cl)C1CC1. The summed E-state index contributed by atoms with van der Waals surface area (Å²) in [5, 5.41) is 18.6. The predicted molar refractivity (Wildman–Crippen MR) is 77.1 cm³/mol. The molecular formula is C14H15Cl2NO2. The quantitative estimate of drug-likeness (QED) is 0.644. The van der Waals surface area contributed by atoms with Crippen molar-refractivity contribution in [1.82, 2.24) is 0 Å². The number of ether oxygens (including phenoxy) is 1. The fraction of sp³-hybridized carbons (Fsp3) is 0.357. The van der Waals surface area contributed by atoms with Gasteiger partial charge in [0.1, 0.15) is 5.76 Å². The third-order valence-corrected chi connectivity index (χ3v) is 3.77. The summed E-state index contributed by atoms with van der Waals surface area (Å²) in [6, 6.07) is 5.08. The lowest BCUT2D eigenvalue weighted by molar-refractivity contribution is 0.255. The van der Waals surface area contributed by atoms with Crippen LogP contribution in [0.25, 0.3) is 0 Å². The molecule has 102 valence electrons. The van der Waals surface area contributed by atoms with Gasteiger partial charge < -0.3 is 9.84 Å². The zero-order chi connectivity index (χ0) is 14.0. The molecule has 0 heterocycles. The monoisotopic (exact) mass is 299 g/mol. The van der Waals surface area contributed by atoms with Crippen LogP contribution in [0, 0.1) is 11.3 Å². The summed E-state index contributed by atoms with van der Waals surface area (Å²) >= 11 is 12.2. The van der Waals surface area contributed by atoms with Crippen LogP contribution in [-0.4, -0.2) is 24.5 Å². The number of aliphatic hydroxyl groups is 1. The van der Waals surface area contributed by atoms with E-state index in [1.165, 1.54) is 0 Å². The number of hydrogen-bond acceptors (Lipinski definition) is 3. The Morgan fingerprint density at radius 2 is 1.95 bits per heavy atom. The van der Waals surface area contributed by atoms with Crippen molar-refractivity contribution in [3.8, 4) is 0 Å². The fourth-order valence-corrected chi connectivity index (χ4v) is 2.64. The molecular weight excluding hydrogens is 285 g/mol. The van der Waals surface area contributed by atoms with Gasteiger partial charge in [-0.3, -0.25) is 5.41 Å². The van der Waals surface area contributed by atoms with Gasteiger partial charge >= 0.3 is 0 Å². The van der Waals surface area contributed by atoms with E-state index in [0.717, 1.165) is 12.8 Å². The lowest BCUT2D eigenvalue weighted by Gasteiger charge is -2.15. The van der Waals surface area contributed by atoms with Crippen LogP contribution in [0.5, 0.6) is 0 Å². The molecule has 0 bridgehead atoms. The summed E-state index contributed by atoms with van der Waals surface area (Å²) in [4.78, 5) is 0. The highest BCUT2D eigenvalue weighted by Crippen LogP contribution is 2.39. The average molecular weight is 300 g/mol. The van der Waals surface area contributed by atoms with Gasteiger partial charge in [0.05, 0.1) is 29.5 Å². The maximum atomic E-state index is 9.55. The van der Waals surface area contributed by atoms with Gasteiger partial charge in [-0.2, -0.15) is 0 Å². The van der Waals surface area contributed by atoms with E-state index >= 15 is 0 Å². The standard InChI is InChI=1S/C14H15Cl2NO2/c1-19-14(8-5-6-8)9(7-18)13(17)12-10(15)3-2-4-11(12)16/h2-4,8,17-18H,5-7H2,1H3/b14-9-,17-13?. The minimum absolute atomic E-state index is 0.127. The summed E-state index contributed by atoms with van der Waals surface area (Å²) in [5.41, 5.74) is 1.02. The van der Waals surface area contributed by atoms with Gasteiger partial charge in [0, 0.05) is 17.1 Å². The molecule has 0 saturated heterocycles. The van der Waals surface area contributed by atoms with Crippen molar-refractivity contribution in [3.05, 3.63) is 45.1 Å². The summed E-state index contributed by atoms with van der Waals surface area (Å²) in [6.45, 7) is -0.264. The van der Waals surface area contributed by atoms with Crippen LogP contribution in [0.2, 0.25) is 10.0 Å². The molecule has 1 fully saturated rings. The predicted octanol–water partition coefficient (Wildman–Crippen LogP) is 3.66. The molecule has 1 aliphatic carbocycles. The van der Waals surface area contributed by atoms with Crippen LogP contribution >= 0.6 is 23.2 Å². The Balaban J connectivity index is 2.47. The van der Waals surface area contributed by atoms with E-state index in [9.17, 15) is 5.11 Å². The van der Waals surface area contributed by atoms with Crippen molar-refractivity contribution < 1.29 is 9.84 Å². The van der Waals surface area contributed by atoms with E-state index in [2.05, 4.69) is 0 Å². The molecule has 2 N–H and O–H groups in total. The zero-order valence-corrected chi connectivity index (χ0v) is 12.1. The number of halogens is 2. The van der Waals surface area contributed by atoms with E-state index in [1.807, 2.05) is 0 Å².